The van der Waals surface area contributed by atoms with Crippen molar-refractivity contribution in [2.75, 3.05) is 12.3 Å². The van der Waals surface area contributed by atoms with Gasteiger partial charge in [0.15, 0.2) is 0 Å². The average molecular weight is 421 g/mol. The minimum Gasteiger partial charge on any atom is -0.465 e. The normalized spacial score (nSPS) is 11.2. The predicted octanol–water partition coefficient (Wildman–Crippen LogP) is 4.58. The van der Waals surface area contributed by atoms with Gasteiger partial charge in [-0.2, -0.15) is 0 Å². The van der Waals surface area contributed by atoms with Crippen LogP contribution in [0.15, 0.2) is 81.9 Å². The predicted molar refractivity (Wildman–Crippen MR) is 120 cm³/mol. The third-order valence-electron chi connectivity index (χ3n) is 4.28. The summed E-state index contributed by atoms with van der Waals surface area (Å²) >= 11 is 1.66. The molecule has 0 aliphatic heterocycles. The third-order valence-corrected chi connectivity index (χ3v) is 5.29. The van der Waals surface area contributed by atoms with Crippen molar-refractivity contribution in [2.45, 2.75) is 18.7 Å². The van der Waals surface area contributed by atoms with Gasteiger partial charge in [-0.1, -0.05) is 35.4 Å². The summed E-state index contributed by atoms with van der Waals surface area (Å²) < 4.78 is 5.30. The van der Waals surface area contributed by atoms with Crippen molar-refractivity contribution in [3.8, 4) is 0 Å². The van der Waals surface area contributed by atoms with Gasteiger partial charge in [0.2, 0.25) is 0 Å². The van der Waals surface area contributed by atoms with Crippen LogP contribution in [-0.2, 0) is 4.79 Å². The zero-order chi connectivity index (χ0) is 21.3. The van der Waals surface area contributed by atoms with E-state index in [1.807, 2.05) is 26.0 Å². The van der Waals surface area contributed by atoms with E-state index in [2.05, 4.69) is 34.9 Å². The molecule has 0 aliphatic carbocycles. The molecule has 2 aromatic carbocycles. The van der Waals surface area contributed by atoms with Crippen LogP contribution in [0.3, 0.4) is 0 Å². The third kappa shape index (κ3) is 6.39. The number of rotatable bonds is 8. The Morgan fingerprint density at radius 2 is 1.80 bits per heavy atom. The molecule has 0 unspecified atom stereocenters. The van der Waals surface area contributed by atoms with E-state index in [1.54, 1.807) is 36.0 Å². The number of furan rings is 1. The summed E-state index contributed by atoms with van der Waals surface area (Å²) in [5.41, 5.74) is 2.81. The molecule has 1 aromatic heterocycles. The van der Waals surface area contributed by atoms with Crippen LogP contribution in [0.1, 0.15) is 27.2 Å². The molecule has 30 heavy (non-hydrogen) atoms. The van der Waals surface area contributed by atoms with E-state index in [-0.39, 0.29) is 17.5 Å². The number of carbonyl (C=O) groups is 2. The van der Waals surface area contributed by atoms with Gasteiger partial charge < -0.3 is 15.1 Å². The lowest BCUT2D eigenvalue weighted by atomic mass is 10.1. The second-order valence-corrected chi connectivity index (χ2v) is 7.98. The van der Waals surface area contributed by atoms with Gasteiger partial charge in [0.1, 0.15) is 11.5 Å². The van der Waals surface area contributed by atoms with E-state index in [1.165, 1.54) is 17.9 Å². The van der Waals surface area contributed by atoms with Gasteiger partial charge >= 0.3 is 0 Å². The van der Waals surface area contributed by atoms with Crippen molar-refractivity contribution in [1.82, 2.24) is 10.6 Å². The summed E-state index contributed by atoms with van der Waals surface area (Å²) in [5, 5.41) is 5.57. The van der Waals surface area contributed by atoms with Crippen LogP contribution < -0.4 is 10.6 Å². The Kier molecular flexibility index (Phi) is 7.51. The lowest BCUT2D eigenvalue weighted by Crippen LogP contribution is -2.35. The first kappa shape index (κ1) is 21.5. The summed E-state index contributed by atoms with van der Waals surface area (Å²) in [6.45, 7) is 4.43. The highest BCUT2D eigenvalue weighted by Gasteiger charge is 2.15. The summed E-state index contributed by atoms with van der Waals surface area (Å²) in [4.78, 5) is 26.5. The molecule has 0 aliphatic rings. The Morgan fingerprint density at radius 1 is 1.00 bits per heavy atom. The number of amides is 2. The van der Waals surface area contributed by atoms with E-state index in [4.69, 9.17) is 4.42 Å². The summed E-state index contributed by atoms with van der Waals surface area (Å²) in [7, 11) is 0. The first-order chi connectivity index (χ1) is 14.5. The molecule has 2 N–H and O–H groups in total. The molecule has 6 heteroatoms. The molecular weight excluding hydrogens is 396 g/mol. The highest BCUT2D eigenvalue weighted by atomic mass is 32.2. The molecule has 0 bridgehead atoms. The maximum atomic E-state index is 12.7. The van der Waals surface area contributed by atoms with E-state index in [0.717, 1.165) is 10.5 Å². The fourth-order valence-corrected chi connectivity index (χ4v) is 3.49. The molecule has 154 valence electrons. The van der Waals surface area contributed by atoms with Crippen LogP contribution in [-0.4, -0.2) is 24.1 Å². The maximum Gasteiger partial charge on any atom is 0.267 e. The summed E-state index contributed by atoms with van der Waals surface area (Å²) in [6.07, 6.45) is 3.04. The number of benzene rings is 2. The van der Waals surface area contributed by atoms with Gasteiger partial charge in [0, 0.05) is 28.8 Å². The van der Waals surface area contributed by atoms with Gasteiger partial charge in [-0.05, 0) is 50.2 Å². The summed E-state index contributed by atoms with van der Waals surface area (Å²) in [6, 6.07) is 18.9. The highest BCUT2D eigenvalue weighted by molar-refractivity contribution is 7.99. The number of aryl methyl sites for hydroxylation is 2. The molecule has 3 rings (SSSR count). The van der Waals surface area contributed by atoms with Crippen molar-refractivity contribution in [3.05, 3.63) is 95.1 Å². The van der Waals surface area contributed by atoms with E-state index in [9.17, 15) is 9.59 Å². The molecule has 0 fully saturated rings. The lowest BCUT2D eigenvalue weighted by Gasteiger charge is -2.11. The van der Waals surface area contributed by atoms with Crippen LogP contribution in [0.5, 0.6) is 0 Å². The zero-order valence-electron chi connectivity index (χ0n) is 17.0. The van der Waals surface area contributed by atoms with Crippen molar-refractivity contribution >= 4 is 29.7 Å². The quantitative estimate of drug-likeness (QED) is 0.318. The Balaban J connectivity index is 1.62. The van der Waals surface area contributed by atoms with Crippen molar-refractivity contribution in [1.29, 1.82) is 0 Å². The van der Waals surface area contributed by atoms with Crippen LogP contribution in [0.25, 0.3) is 6.08 Å². The standard InChI is InChI=1S/C24H24N2O3S/c1-17-8-10-21(11-9-17)30-14-12-25-24(28)22(16-20-7-4-13-29-20)26-23(27)19-6-3-5-18(2)15-19/h3-11,13,15-16H,12,14H2,1-2H3,(H,25,28)(H,26,27)/b22-16-. The van der Waals surface area contributed by atoms with Crippen LogP contribution in [0.4, 0.5) is 0 Å². The van der Waals surface area contributed by atoms with Crippen molar-refractivity contribution in [3.63, 3.8) is 0 Å². The van der Waals surface area contributed by atoms with Gasteiger partial charge in [0.05, 0.1) is 6.26 Å². The highest BCUT2D eigenvalue weighted by Crippen LogP contribution is 2.17. The summed E-state index contributed by atoms with van der Waals surface area (Å²) in [5.74, 6) is 0.491. The van der Waals surface area contributed by atoms with Gasteiger partial charge in [-0.25, -0.2) is 0 Å². The zero-order valence-corrected chi connectivity index (χ0v) is 17.8. The smallest absolute Gasteiger partial charge is 0.267 e. The Bertz CT molecular complexity index is 1020. The number of thioether (sulfide) groups is 1. The van der Waals surface area contributed by atoms with Gasteiger partial charge in [0.25, 0.3) is 11.8 Å². The number of hydrogen-bond acceptors (Lipinski definition) is 4. The van der Waals surface area contributed by atoms with Crippen LogP contribution in [0, 0.1) is 13.8 Å². The monoisotopic (exact) mass is 420 g/mol. The van der Waals surface area contributed by atoms with E-state index >= 15 is 0 Å². The largest absolute Gasteiger partial charge is 0.465 e. The average Bonchev–Trinajstić information content (AvgIpc) is 3.25. The maximum absolute atomic E-state index is 12.7. The van der Waals surface area contributed by atoms with Crippen LogP contribution >= 0.6 is 11.8 Å². The molecule has 0 radical (unpaired) electrons. The van der Waals surface area contributed by atoms with Crippen molar-refractivity contribution < 1.29 is 14.0 Å². The topological polar surface area (TPSA) is 71.3 Å². The van der Waals surface area contributed by atoms with Crippen molar-refractivity contribution in [2.24, 2.45) is 0 Å². The Labute approximate surface area is 180 Å². The number of carbonyl (C=O) groups excluding carboxylic acids is 2. The second kappa shape index (κ2) is 10.5. The molecule has 1 heterocycles. The molecule has 0 saturated heterocycles. The SMILES string of the molecule is Cc1ccc(SCCNC(=O)/C(=C/c2ccco2)NC(=O)c2cccc(C)c2)cc1. The molecule has 0 saturated carbocycles. The first-order valence-corrected chi connectivity index (χ1v) is 10.6. The van der Waals surface area contributed by atoms with E-state index in [0.29, 0.717) is 23.6 Å². The Morgan fingerprint density at radius 3 is 2.50 bits per heavy atom. The minimum absolute atomic E-state index is 0.136. The molecule has 3 aromatic rings. The van der Waals surface area contributed by atoms with Gasteiger partial charge in [-0.3, -0.25) is 9.59 Å². The lowest BCUT2D eigenvalue weighted by molar-refractivity contribution is -0.117. The number of hydrogen-bond donors (Lipinski definition) is 2. The number of nitrogens with one attached hydrogen (secondary N) is 2. The van der Waals surface area contributed by atoms with E-state index < -0.39 is 0 Å². The fourth-order valence-electron chi connectivity index (χ4n) is 2.72. The Hall–Kier alpha value is -3.25. The van der Waals surface area contributed by atoms with Crippen LogP contribution in [0.2, 0.25) is 0 Å². The molecule has 5 nitrogen and oxygen atoms in total. The molecular formula is C24H24N2O3S. The first-order valence-electron chi connectivity index (χ1n) is 9.62. The van der Waals surface area contributed by atoms with Gasteiger partial charge in [-0.15, -0.1) is 11.8 Å². The molecule has 2 amide bonds. The fraction of sp³-hybridized carbons (Fsp3) is 0.167. The molecule has 0 spiro atoms. The second-order valence-electron chi connectivity index (χ2n) is 6.81. The minimum atomic E-state index is -0.364. The molecule has 0 atom stereocenters.